The van der Waals surface area contributed by atoms with Crippen molar-refractivity contribution < 1.29 is 4.79 Å². The minimum absolute atomic E-state index is 0.0514. The Morgan fingerprint density at radius 2 is 1.69 bits per heavy atom. The topological polar surface area (TPSA) is 49.4 Å². The summed E-state index contributed by atoms with van der Waals surface area (Å²) in [6.07, 6.45) is -0.216. The number of benzene rings is 2. The van der Waals surface area contributed by atoms with E-state index in [9.17, 15) is 9.59 Å². The smallest absolute Gasteiger partial charge is 0.241 e. The van der Waals surface area contributed by atoms with Crippen molar-refractivity contribution in [2.45, 2.75) is 33.0 Å². The SMILES string of the molecule is CN1C(=O)[C@H](C(C)(C)C)N[C@H]1c1ccc2sc3ccccc3c(=O)c2c1. The summed E-state index contributed by atoms with van der Waals surface area (Å²) in [6, 6.07) is 13.4. The zero-order chi connectivity index (χ0) is 18.6. The van der Waals surface area contributed by atoms with Crippen LogP contribution >= 0.6 is 11.3 Å². The standard InChI is InChI=1S/C21H22N2O2S/c1-21(2,3)18-20(25)23(4)19(22-18)12-9-10-16-14(11-12)17(24)13-7-5-6-8-15(13)26-16/h5-11,18-19,22H,1-4H3/t18-,19-/m1/s1. The molecule has 4 nitrogen and oxygen atoms in total. The van der Waals surface area contributed by atoms with Crippen molar-refractivity contribution in [1.29, 1.82) is 0 Å². The highest BCUT2D eigenvalue weighted by Crippen LogP contribution is 2.33. The number of rotatable bonds is 1. The number of hydrogen-bond acceptors (Lipinski definition) is 4. The number of nitrogens with zero attached hydrogens (tertiary/aromatic N) is 1. The number of nitrogens with one attached hydrogen (secondary N) is 1. The van der Waals surface area contributed by atoms with Crippen molar-refractivity contribution in [1.82, 2.24) is 10.2 Å². The molecule has 26 heavy (non-hydrogen) atoms. The fraction of sp³-hybridized carbons (Fsp3) is 0.333. The van der Waals surface area contributed by atoms with Gasteiger partial charge in [-0.2, -0.15) is 0 Å². The van der Waals surface area contributed by atoms with Crippen molar-refractivity contribution in [2.75, 3.05) is 7.05 Å². The van der Waals surface area contributed by atoms with Crippen LogP contribution in [-0.2, 0) is 4.79 Å². The maximum Gasteiger partial charge on any atom is 0.241 e. The third kappa shape index (κ3) is 2.63. The molecular formula is C21H22N2O2S. The molecule has 0 radical (unpaired) electrons. The van der Waals surface area contributed by atoms with Crippen LogP contribution in [0.5, 0.6) is 0 Å². The van der Waals surface area contributed by atoms with Crippen LogP contribution in [0.25, 0.3) is 20.2 Å². The zero-order valence-corrected chi connectivity index (χ0v) is 16.2. The molecular weight excluding hydrogens is 344 g/mol. The fourth-order valence-electron chi connectivity index (χ4n) is 3.60. The van der Waals surface area contributed by atoms with E-state index < -0.39 is 0 Å². The Hall–Kier alpha value is -2.24. The van der Waals surface area contributed by atoms with Gasteiger partial charge in [-0.25, -0.2) is 0 Å². The van der Waals surface area contributed by atoms with Crippen LogP contribution in [0.15, 0.2) is 47.3 Å². The number of fused-ring (bicyclic) bond motifs is 2. The minimum Gasteiger partial charge on any atom is -0.325 e. The maximum atomic E-state index is 12.9. The Balaban J connectivity index is 1.83. The molecule has 1 N–H and O–H groups in total. The highest BCUT2D eigenvalue weighted by atomic mass is 32.1. The molecule has 0 bridgehead atoms. The average molecular weight is 366 g/mol. The second-order valence-corrected chi connectivity index (χ2v) is 9.08. The first-order valence-electron chi connectivity index (χ1n) is 8.75. The number of amides is 1. The van der Waals surface area contributed by atoms with Gasteiger partial charge in [-0.05, 0) is 35.2 Å². The van der Waals surface area contributed by atoms with E-state index in [-0.39, 0.29) is 29.0 Å². The van der Waals surface area contributed by atoms with E-state index in [2.05, 4.69) is 26.1 Å². The van der Waals surface area contributed by atoms with Gasteiger partial charge in [-0.3, -0.25) is 14.9 Å². The van der Waals surface area contributed by atoms with Crippen LogP contribution in [0.4, 0.5) is 0 Å². The second kappa shape index (κ2) is 5.89. The molecule has 3 aromatic rings. The van der Waals surface area contributed by atoms with Gasteiger partial charge in [0, 0.05) is 27.2 Å². The lowest BCUT2D eigenvalue weighted by Gasteiger charge is -2.25. The van der Waals surface area contributed by atoms with E-state index in [1.165, 1.54) is 0 Å². The maximum absolute atomic E-state index is 12.9. The van der Waals surface area contributed by atoms with Crippen molar-refractivity contribution in [3.05, 3.63) is 58.3 Å². The molecule has 1 aromatic heterocycles. The van der Waals surface area contributed by atoms with Gasteiger partial charge in [0.25, 0.3) is 0 Å². The Labute approximate surface area is 156 Å². The molecule has 2 heterocycles. The van der Waals surface area contributed by atoms with E-state index in [0.29, 0.717) is 5.39 Å². The molecule has 1 aliphatic heterocycles. The number of hydrogen-bond donors (Lipinski definition) is 1. The first kappa shape index (κ1) is 17.2. The lowest BCUT2D eigenvalue weighted by molar-refractivity contribution is -0.130. The molecule has 1 saturated heterocycles. The third-order valence-corrected chi connectivity index (χ3v) is 6.24. The number of carbonyl (C=O) groups excluding carboxylic acids is 1. The van der Waals surface area contributed by atoms with Gasteiger partial charge >= 0.3 is 0 Å². The van der Waals surface area contributed by atoms with Gasteiger partial charge in [0.05, 0.1) is 6.04 Å². The fourth-order valence-corrected chi connectivity index (χ4v) is 4.65. The summed E-state index contributed by atoms with van der Waals surface area (Å²) >= 11 is 1.62. The van der Waals surface area contributed by atoms with Crippen LogP contribution in [0.2, 0.25) is 0 Å². The molecule has 5 heteroatoms. The van der Waals surface area contributed by atoms with Crippen LogP contribution in [0.1, 0.15) is 32.5 Å². The molecule has 1 aliphatic rings. The molecule has 4 rings (SSSR count). The van der Waals surface area contributed by atoms with Gasteiger partial charge in [0.2, 0.25) is 5.91 Å². The quantitative estimate of drug-likeness (QED) is 0.665. The van der Waals surface area contributed by atoms with Gasteiger partial charge in [-0.1, -0.05) is 39.0 Å². The van der Waals surface area contributed by atoms with E-state index in [4.69, 9.17) is 0 Å². The van der Waals surface area contributed by atoms with Gasteiger partial charge in [0.15, 0.2) is 5.43 Å². The zero-order valence-electron chi connectivity index (χ0n) is 15.4. The van der Waals surface area contributed by atoms with Crippen LogP contribution < -0.4 is 10.7 Å². The lowest BCUT2D eigenvalue weighted by atomic mass is 9.87. The molecule has 2 aromatic carbocycles. The van der Waals surface area contributed by atoms with E-state index in [0.717, 1.165) is 20.3 Å². The highest BCUT2D eigenvalue weighted by molar-refractivity contribution is 7.24. The average Bonchev–Trinajstić information content (AvgIpc) is 2.91. The molecule has 0 saturated carbocycles. The Bertz CT molecular complexity index is 1080. The lowest BCUT2D eigenvalue weighted by Crippen LogP contribution is -2.41. The van der Waals surface area contributed by atoms with Crippen molar-refractivity contribution in [3.8, 4) is 0 Å². The summed E-state index contributed by atoms with van der Waals surface area (Å²) < 4.78 is 1.97. The minimum atomic E-state index is -0.237. The van der Waals surface area contributed by atoms with Crippen molar-refractivity contribution in [2.24, 2.45) is 5.41 Å². The first-order valence-corrected chi connectivity index (χ1v) is 9.57. The second-order valence-electron chi connectivity index (χ2n) is 8.00. The molecule has 2 atom stereocenters. The summed E-state index contributed by atoms with van der Waals surface area (Å²) in [4.78, 5) is 27.3. The Morgan fingerprint density at radius 3 is 2.38 bits per heavy atom. The van der Waals surface area contributed by atoms with Crippen molar-refractivity contribution >= 4 is 37.4 Å². The van der Waals surface area contributed by atoms with Crippen LogP contribution in [-0.4, -0.2) is 23.9 Å². The van der Waals surface area contributed by atoms with Crippen LogP contribution in [0.3, 0.4) is 0 Å². The molecule has 1 amide bonds. The Morgan fingerprint density at radius 1 is 1.00 bits per heavy atom. The predicted octanol–water partition coefficient (Wildman–Crippen LogP) is 3.89. The highest BCUT2D eigenvalue weighted by Gasteiger charge is 2.43. The third-order valence-electron chi connectivity index (χ3n) is 5.09. The van der Waals surface area contributed by atoms with Gasteiger partial charge in [0.1, 0.15) is 6.17 Å². The van der Waals surface area contributed by atoms with E-state index >= 15 is 0 Å². The normalized spacial score (nSPS) is 21.1. The van der Waals surface area contributed by atoms with Gasteiger partial charge < -0.3 is 4.90 Å². The number of carbonyl (C=O) groups is 1. The summed E-state index contributed by atoms with van der Waals surface area (Å²) in [5, 5.41) is 4.91. The monoisotopic (exact) mass is 366 g/mol. The van der Waals surface area contributed by atoms with E-state index in [1.807, 2.05) is 49.5 Å². The Kier molecular flexibility index (Phi) is 3.90. The summed E-state index contributed by atoms with van der Waals surface area (Å²) in [7, 11) is 1.82. The molecule has 1 fully saturated rings. The first-order chi connectivity index (χ1) is 12.3. The molecule has 134 valence electrons. The summed E-state index contributed by atoms with van der Waals surface area (Å²) in [5.74, 6) is 0.0891. The number of likely N-dealkylation sites (N-methyl/N-ethyl adjacent to an activating group) is 1. The summed E-state index contributed by atoms with van der Waals surface area (Å²) in [5.41, 5.74) is 0.828. The molecule has 0 unspecified atom stereocenters. The largest absolute Gasteiger partial charge is 0.325 e. The van der Waals surface area contributed by atoms with E-state index in [1.54, 1.807) is 16.2 Å². The molecule has 0 spiro atoms. The molecule has 0 aliphatic carbocycles. The van der Waals surface area contributed by atoms with Crippen LogP contribution in [0, 0.1) is 5.41 Å². The van der Waals surface area contributed by atoms with Gasteiger partial charge in [-0.15, -0.1) is 11.3 Å². The van der Waals surface area contributed by atoms with Crippen molar-refractivity contribution in [3.63, 3.8) is 0 Å². The predicted molar refractivity (Wildman–Crippen MR) is 107 cm³/mol. The summed E-state index contributed by atoms with van der Waals surface area (Å²) in [6.45, 7) is 6.17.